The molecule has 36 heavy (non-hydrogen) atoms. The van der Waals surface area contributed by atoms with Crippen molar-refractivity contribution in [3.8, 4) is 22.4 Å². The maximum atomic E-state index is 13.4. The first kappa shape index (κ1) is 22.0. The molecule has 0 saturated carbocycles. The Labute approximate surface area is 205 Å². The van der Waals surface area contributed by atoms with Crippen molar-refractivity contribution in [3.05, 3.63) is 53.5 Å². The smallest absolute Gasteiger partial charge is 0.349 e. The molecule has 0 atom stereocenters. The van der Waals surface area contributed by atoms with E-state index < -0.39 is 5.69 Å². The van der Waals surface area contributed by atoms with Gasteiger partial charge in [0.15, 0.2) is 5.58 Å². The monoisotopic (exact) mass is 484 g/mol. The summed E-state index contributed by atoms with van der Waals surface area (Å²) in [5, 5.41) is 7.85. The second-order valence-electron chi connectivity index (χ2n) is 8.86. The number of nitrogens with zero attached hydrogens (tertiary/aromatic N) is 7. The zero-order valence-electron chi connectivity index (χ0n) is 19.9. The summed E-state index contributed by atoms with van der Waals surface area (Å²) >= 11 is 0. The van der Waals surface area contributed by atoms with Gasteiger partial charge in [-0.15, -0.1) is 0 Å². The van der Waals surface area contributed by atoms with Crippen molar-refractivity contribution in [2.75, 3.05) is 25.5 Å². The van der Waals surface area contributed by atoms with E-state index in [-0.39, 0.29) is 12.5 Å². The van der Waals surface area contributed by atoms with Crippen molar-refractivity contribution in [3.63, 3.8) is 0 Å². The Morgan fingerprint density at radius 2 is 1.89 bits per heavy atom. The highest BCUT2D eigenvalue weighted by Crippen LogP contribution is 2.34. The third-order valence-corrected chi connectivity index (χ3v) is 6.53. The predicted molar refractivity (Wildman–Crippen MR) is 134 cm³/mol. The summed E-state index contributed by atoms with van der Waals surface area (Å²) in [5.74, 6) is 0.572. The number of furan rings is 1. The number of aromatic nitrogens is 6. The molecule has 0 spiro atoms. The molecule has 0 aliphatic carbocycles. The first-order chi connectivity index (χ1) is 17.5. The lowest BCUT2D eigenvalue weighted by Gasteiger charge is -2.16. The third-order valence-electron chi connectivity index (χ3n) is 6.53. The SMILES string of the molecule is CNc1ccc(-c2nc(=O)n(CC(=O)N3CCCC3)c3c2oc2ncc(-c4cnn(C)c4)cc23)cn1. The molecule has 11 heteroatoms. The van der Waals surface area contributed by atoms with Gasteiger partial charge >= 0.3 is 5.69 Å². The summed E-state index contributed by atoms with van der Waals surface area (Å²) in [4.78, 5) is 41.4. The van der Waals surface area contributed by atoms with Crippen LogP contribution in [0.5, 0.6) is 0 Å². The Hall–Kier alpha value is -4.54. The van der Waals surface area contributed by atoms with E-state index in [1.165, 1.54) is 4.57 Å². The van der Waals surface area contributed by atoms with Crippen LogP contribution in [-0.2, 0) is 18.4 Å². The number of pyridine rings is 2. The van der Waals surface area contributed by atoms with E-state index >= 15 is 0 Å². The van der Waals surface area contributed by atoms with Gasteiger partial charge in [-0.25, -0.2) is 14.8 Å². The quantitative estimate of drug-likeness (QED) is 0.404. The van der Waals surface area contributed by atoms with Crippen LogP contribution in [0.2, 0.25) is 0 Å². The van der Waals surface area contributed by atoms with Gasteiger partial charge in [0, 0.05) is 62.5 Å². The minimum Gasteiger partial charge on any atom is -0.434 e. The summed E-state index contributed by atoms with van der Waals surface area (Å²) in [6.45, 7) is 1.28. The summed E-state index contributed by atoms with van der Waals surface area (Å²) in [6.07, 6.45) is 8.91. The number of amides is 1. The molecule has 5 aromatic heterocycles. The summed E-state index contributed by atoms with van der Waals surface area (Å²) in [5.41, 5.74) is 3.38. The maximum absolute atomic E-state index is 13.4. The van der Waals surface area contributed by atoms with Crippen molar-refractivity contribution < 1.29 is 9.21 Å². The number of hydrogen-bond acceptors (Lipinski definition) is 8. The summed E-state index contributed by atoms with van der Waals surface area (Å²) < 4.78 is 9.28. The fraction of sp³-hybridized carbons (Fsp3) is 0.280. The van der Waals surface area contributed by atoms with Crippen LogP contribution in [0.1, 0.15) is 12.8 Å². The van der Waals surface area contributed by atoms with Crippen LogP contribution in [0.25, 0.3) is 44.6 Å². The van der Waals surface area contributed by atoms with Gasteiger partial charge in [0.2, 0.25) is 11.6 Å². The lowest BCUT2D eigenvalue weighted by molar-refractivity contribution is -0.130. The van der Waals surface area contributed by atoms with Crippen molar-refractivity contribution in [1.29, 1.82) is 0 Å². The molecule has 1 amide bonds. The molecule has 6 heterocycles. The Balaban J connectivity index is 1.59. The highest BCUT2D eigenvalue weighted by atomic mass is 16.3. The van der Waals surface area contributed by atoms with Gasteiger partial charge in [-0.3, -0.25) is 14.0 Å². The Morgan fingerprint density at radius 3 is 2.58 bits per heavy atom. The Kier molecular flexibility index (Phi) is 5.24. The van der Waals surface area contributed by atoms with Crippen LogP contribution in [0.15, 0.2) is 52.2 Å². The molecule has 6 rings (SSSR count). The molecule has 0 unspecified atom stereocenters. The molecule has 182 valence electrons. The van der Waals surface area contributed by atoms with Crippen LogP contribution in [-0.4, -0.2) is 60.2 Å². The van der Waals surface area contributed by atoms with Gasteiger partial charge in [0.1, 0.15) is 23.6 Å². The second kappa shape index (κ2) is 8.59. The van der Waals surface area contributed by atoms with Crippen LogP contribution >= 0.6 is 0 Å². The zero-order chi connectivity index (χ0) is 24.8. The summed E-state index contributed by atoms with van der Waals surface area (Å²) in [7, 11) is 3.62. The van der Waals surface area contributed by atoms with Gasteiger partial charge in [0.25, 0.3) is 0 Å². The zero-order valence-corrected chi connectivity index (χ0v) is 19.9. The first-order valence-corrected chi connectivity index (χ1v) is 11.8. The molecule has 11 nitrogen and oxygen atoms in total. The van der Waals surface area contributed by atoms with Gasteiger partial charge in [-0.2, -0.15) is 10.1 Å². The lowest BCUT2D eigenvalue weighted by Crippen LogP contribution is -2.35. The number of anilines is 1. The number of aryl methyl sites for hydroxylation is 1. The van der Waals surface area contributed by atoms with Gasteiger partial charge in [-0.1, -0.05) is 0 Å². The number of rotatable bonds is 5. The van der Waals surface area contributed by atoms with E-state index in [2.05, 4.69) is 25.4 Å². The number of nitrogens with one attached hydrogen (secondary N) is 1. The summed E-state index contributed by atoms with van der Waals surface area (Å²) in [6, 6.07) is 5.53. The average molecular weight is 485 g/mol. The number of hydrogen-bond donors (Lipinski definition) is 1. The minimum atomic E-state index is -0.530. The van der Waals surface area contributed by atoms with E-state index in [1.807, 2.05) is 25.4 Å². The number of likely N-dealkylation sites (tertiary alicyclic amines) is 1. The predicted octanol–water partition coefficient (Wildman–Crippen LogP) is 2.66. The number of fused-ring (bicyclic) bond motifs is 3. The normalized spacial score (nSPS) is 13.7. The molecular formula is C25H24N8O3. The largest absolute Gasteiger partial charge is 0.434 e. The highest BCUT2D eigenvalue weighted by Gasteiger charge is 2.25. The fourth-order valence-corrected chi connectivity index (χ4v) is 4.66. The highest BCUT2D eigenvalue weighted by molar-refractivity contribution is 6.07. The fourth-order valence-electron chi connectivity index (χ4n) is 4.66. The number of carbonyl (C=O) groups excluding carboxylic acids is 1. The standard InChI is InChI=1S/C25H24N8O3/c1-26-19-6-5-15(10-27-19)21-23-22(33(25(35)30-21)14-20(34)32-7-3-4-8-32)18-9-16(11-28-24(18)36-23)17-12-29-31(2)13-17/h5-6,9-13H,3-4,7-8,14H2,1-2H3,(H,26,27). The van der Waals surface area contributed by atoms with Crippen molar-refractivity contribution >= 4 is 33.9 Å². The van der Waals surface area contributed by atoms with E-state index in [1.54, 1.807) is 41.3 Å². The number of carbonyl (C=O) groups is 1. The maximum Gasteiger partial charge on any atom is 0.349 e. The van der Waals surface area contributed by atoms with Crippen molar-refractivity contribution in [2.24, 2.45) is 7.05 Å². The molecule has 0 radical (unpaired) electrons. The molecule has 1 aliphatic heterocycles. The third kappa shape index (κ3) is 3.69. The average Bonchev–Trinajstić information content (AvgIpc) is 3.65. The molecule has 1 aliphatic rings. The Morgan fingerprint density at radius 1 is 1.08 bits per heavy atom. The Bertz CT molecular complexity index is 1660. The molecule has 5 aromatic rings. The molecule has 0 aromatic carbocycles. The van der Waals surface area contributed by atoms with Crippen molar-refractivity contribution in [2.45, 2.75) is 19.4 Å². The molecule has 1 N–H and O–H groups in total. The first-order valence-electron chi connectivity index (χ1n) is 11.8. The van der Waals surface area contributed by atoms with Crippen LogP contribution in [0.4, 0.5) is 5.82 Å². The minimum absolute atomic E-state index is 0.115. The molecule has 0 bridgehead atoms. The van der Waals surface area contributed by atoms with Crippen molar-refractivity contribution in [1.82, 2.24) is 34.2 Å². The molecular weight excluding hydrogens is 460 g/mol. The van der Waals surface area contributed by atoms with E-state index in [0.717, 1.165) is 24.0 Å². The van der Waals surface area contributed by atoms with Crippen LogP contribution in [0, 0.1) is 0 Å². The van der Waals surface area contributed by atoms with E-state index in [9.17, 15) is 9.59 Å². The van der Waals surface area contributed by atoms with E-state index in [4.69, 9.17) is 4.42 Å². The van der Waals surface area contributed by atoms with Crippen LogP contribution in [0.3, 0.4) is 0 Å². The van der Waals surface area contributed by atoms with Gasteiger partial charge in [-0.05, 0) is 31.0 Å². The van der Waals surface area contributed by atoms with Gasteiger partial charge < -0.3 is 14.6 Å². The van der Waals surface area contributed by atoms with Crippen LogP contribution < -0.4 is 11.0 Å². The topological polar surface area (TPSA) is 124 Å². The molecule has 1 saturated heterocycles. The lowest BCUT2D eigenvalue weighted by atomic mass is 10.1. The molecule has 1 fully saturated rings. The van der Waals surface area contributed by atoms with E-state index in [0.29, 0.717) is 52.4 Å². The van der Waals surface area contributed by atoms with Gasteiger partial charge in [0.05, 0.1) is 11.6 Å². The second-order valence-corrected chi connectivity index (χ2v) is 8.86.